The second-order valence-corrected chi connectivity index (χ2v) is 5.32. The van der Waals surface area contributed by atoms with Crippen LogP contribution in [0.2, 0.25) is 0 Å². The molecule has 1 saturated heterocycles. The molecule has 118 valence electrons. The molecule has 1 aliphatic heterocycles. The normalized spacial score (nSPS) is 18.9. The van der Waals surface area contributed by atoms with E-state index < -0.39 is 5.82 Å². The molecule has 4 nitrogen and oxygen atoms in total. The second kappa shape index (κ2) is 8.97. The Morgan fingerprint density at radius 3 is 2.90 bits per heavy atom. The van der Waals surface area contributed by atoms with Gasteiger partial charge in [0.05, 0.1) is 5.69 Å². The highest BCUT2D eigenvalue weighted by atomic mass is 35.5. The number of nitrogens with two attached hydrogens (primary N) is 1. The number of amides is 1. The molecule has 0 bridgehead atoms. The Balaban J connectivity index is 0.00000220. The number of nitrogens with one attached hydrogen (secondary N) is 1. The standard InChI is InChI=1S/C15H22FN3O.ClH/c16-13-5-1-2-6-14(13)18-15(20)7-9-19-8-3-4-12(10-17)11-19;/h1-2,5-6,12H,3-4,7-11,17H2,(H,18,20);1H. The summed E-state index contributed by atoms with van der Waals surface area (Å²) < 4.78 is 13.4. The third-order valence-electron chi connectivity index (χ3n) is 3.74. The number of piperidine rings is 1. The van der Waals surface area contributed by atoms with Crippen molar-refractivity contribution in [2.24, 2.45) is 11.7 Å². The van der Waals surface area contributed by atoms with Crippen LogP contribution in [0.15, 0.2) is 24.3 Å². The van der Waals surface area contributed by atoms with Crippen LogP contribution >= 0.6 is 12.4 Å². The molecule has 0 saturated carbocycles. The van der Waals surface area contributed by atoms with E-state index >= 15 is 0 Å². The number of likely N-dealkylation sites (tertiary alicyclic amines) is 1. The number of halogens is 2. The molecule has 0 spiro atoms. The third-order valence-corrected chi connectivity index (χ3v) is 3.74. The molecule has 1 amide bonds. The summed E-state index contributed by atoms with van der Waals surface area (Å²) in [5.41, 5.74) is 5.94. The van der Waals surface area contributed by atoms with Gasteiger partial charge in [-0.05, 0) is 44.0 Å². The van der Waals surface area contributed by atoms with Crippen molar-refractivity contribution in [1.29, 1.82) is 0 Å². The van der Waals surface area contributed by atoms with Crippen molar-refractivity contribution >= 4 is 24.0 Å². The molecule has 1 aromatic rings. The first-order valence-corrected chi connectivity index (χ1v) is 7.16. The fourth-order valence-electron chi connectivity index (χ4n) is 2.58. The summed E-state index contributed by atoms with van der Waals surface area (Å²) in [6, 6.07) is 6.21. The van der Waals surface area contributed by atoms with Gasteiger partial charge < -0.3 is 16.0 Å². The zero-order valence-electron chi connectivity index (χ0n) is 12.1. The average Bonchev–Trinajstić information content (AvgIpc) is 2.48. The number of hydrogen-bond donors (Lipinski definition) is 2. The van der Waals surface area contributed by atoms with E-state index in [1.54, 1.807) is 18.2 Å². The number of nitrogens with zero attached hydrogens (tertiary/aromatic N) is 1. The van der Waals surface area contributed by atoms with Gasteiger partial charge in [0.2, 0.25) is 5.91 Å². The summed E-state index contributed by atoms with van der Waals surface area (Å²) in [6.45, 7) is 3.39. The smallest absolute Gasteiger partial charge is 0.225 e. The van der Waals surface area contributed by atoms with Crippen molar-refractivity contribution in [1.82, 2.24) is 4.90 Å². The number of anilines is 1. The minimum atomic E-state index is -0.401. The maximum absolute atomic E-state index is 13.4. The monoisotopic (exact) mass is 315 g/mol. The topological polar surface area (TPSA) is 58.4 Å². The number of carbonyl (C=O) groups excluding carboxylic acids is 1. The van der Waals surface area contributed by atoms with Crippen LogP contribution < -0.4 is 11.1 Å². The Morgan fingerprint density at radius 1 is 1.43 bits per heavy atom. The lowest BCUT2D eigenvalue weighted by atomic mass is 9.98. The Hall–Kier alpha value is -1.17. The van der Waals surface area contributed by atoms with E-state index in [1.165, 1.54) is 12.5 Å². The molecule has 0 aliphatic carbocycles. The fourth-order valence-corrected chi connectivity index (χ4v) is 2.58. The number of hydrogen-bond acceptors (Lipinski definition) is 3. The number of rotatable bonds is 5. The van der Waals surface area contributed by atoms with Gasteiger partial charge in [0.1, 0.15) is 5.82 Å². The van der Waals surface area contributed by atoms with Crippen LogP contribution in [0.3, 0.4) is 0 Å². The average molecular weight is 316 g/mol. The fraction of sp³-hybridized carbons (Fsp3) is 0.533. The molecule has 0 aromatic heterocycles. The van der Waals surface area contributed by atoms with Crippen molar-refractivity contribution < 1.29 is 9.18 Å². The first kappa shape index (κ1) is 17.9. The summed E-state index contributed by atoms with van der Waals surface area (Å²) in [7, 11) is 0. The number of carbonyl (C=O) groups is 1. The zero-order chi connectivity index (χ0) is 14.4. The molecule has 21 heavy (non-hydrogen) atoms. The molecule has 1 heterocycles. The van der Waals surface area contributed by atoms with E-state index in [0.717, 1.165) is 19.5 Å². The van der Waals surface area contributed by atoms with Crippen molar-refractivity contribution in [2.45, 2.75) is 19.3 Å². The van der Waals surface area contributed by atoms with Gasteiger partial charge in [0, 0.05) is 19.5 Å². The Kier molecular flexibility index (Phi) is 7.64. The Morgan fingerprint density at radius 2 is 2.19 bits per heavy atom. The van der Waals surface area contributed by atoms with Crippen molar-refractivity contribution in [3.05, 3.63) is 30.1 Å². The van der Waals surface area contributed by atoms with Crippen LogP contribution in [0.1, 0.15) is 19.3 Å². The van der Waals surface area contributed by atoms with Crippen LogP contribution in [0.5, 0.6) is 0 Å². The van der Waals surface area contributed by atoms with Crippen LogP contribution in [-0.4, -0.2) is 37.0 Å². The van der Waals surface area contributed by atoms with Gasteiger partial charge in [-0.15, -0.1) is 12.4 Å². The number of para-hydroxylation sites is 1. The lowest BCUT2D eigenvalue weighted by molar-refractivity contribution is -0.116. The van der Waals surface area contributed by atoms with Gasteiger partial charge >= 0.3 is 0 Å². The van der Waals surface area contributed by atoms with Crippen LogP contribution in [-0.2, 0) is 4.79 Å². The molecular weight excluding hydrogens is 293 g/mol. The van der Waals surface area contributed by atoms with Gasteiger partial charge in [0.15, 0.2) is 0 Å². The molecule has 1 unspecified atom stereocenters. The van der Waals surface area contributed by atoms with E-state index in [2.05, 4.69) is 10.2 Å². The first-order chi connectivity index (χ1) is 9.69. The van der Waals surface area contributed by atoms with E-state index in [4.69, 9.17) is 5.73 Å². The lowest BCUT2D eigenvalue weighted by Gasteiger charge is -2.31. The Bertz CT molecular complexity index is 458. The van der Waals surface area contributed by atoms with Gasteiger partial charge in [-0.2, -0.15) is 0 Å². The highest BCUT2D eigenvalue weighted by molar-refractivity contribution is 5.90. The molecule has 3 N–H and O–H groups in total. The largest absolute Gasteiger partial charge is 0.330 e. The minimum absolute atomic E-state index is 0. The molecule has 1 fully saturated rings. The molecule has 0 radical (unpaired) electrons. The maximum atomic E-state index is 13.4. The van der Waals surface area contributed by atoms with E-state index in [0.29, 0.717) is 25.4 Å². The van der Waals surface area contributed by atoms with Gasteiger partial charge in [-0.1, -0.05) is 12.1 Å². The summed E-state index contributed by atoms with van der Waals surface area (Å²) in [5.74, 6) is -0.00892. The van der Waals surface area contributed by atoms with Crippen molar-refractivity contribution in [3.63, 3.8) is 0 Å². The highest BCUT2D eigenvalue weighted by Gasteiger charge is 2.19. The lowest BCUT2D eigenvalue weighted by Crippen LogP contribution is -2.39. The second-order valence-electron chi connectivity index (χ2n) is 5.32. The first-order valence-electron chi connectivity index (χ1n) is 7.16. The SMILES string of the molecule is Cl.NCC1CCCN(CCC(=O)Nc2ccccc2F)C1. The molecule has 1 atom stereocenters. The van der Waals surface area contributed by atoms with Crippen LogP contribution in [0.25, 0.3) is 0 Å². The minimum Gasteiger partial charge on any atom is -0.330 e. The molecule has 2 rings (SSSR count). The van der Waals surface area contributed by atoms with Gasteiger partial charge in [-0.3, -0.25) is 4.79 Å². The van der Waals surface area contributed by atoms with Gasteiger partial charge in [-0.25, -0.2) is 4.39 Å². The summed E-state index contributed by atoms with van der Waals surface area (Å²) in [5, 5.41) is 2.61. The molecule has 1 aliphatic rings. The Labute approximate surface area is 131 Å². The third kappa shape index (κ3) is 5.61. The van der Waals surface area contributed by atoms with E-state index in [9.17, 15) is 9.18 Å². The predicted octanol–water partition coefficient (Wildman–Crippen LogP) is 2.25. The molecular formula is C15H23ClFN3O. The predicted molar refractivity (Wildman–Crippen MR) is 85.1 cm³/mol. The maximum Gasteiger partial charge on any atom is 0.225 e. The van der Waals surface area contributed by atoms with E-state index in [-0.39, 0.29) is 24.0 Å². The van der Waals surface area contributed by atoms with Crippen molar-refractivity contribution in [3.8, 4) is 0 Å². The number of benzene rings is 1. The van der Waals surface area contributed by atoms with Gasteiger partial charge in [0.25, 0.3) is 0 Å². The summed E-state index contributed by atoms with van der Waals surface area (Å²) in [6.07, 6.45) is 2.69. The quantitative estimate of drug-likeness (QED) is 0.876. The highest BCUT2D eigenvalue weighted by Crippen LogP contribution is 2.16. The summed E-state index contributed by atoms with van der Waals surface area (Å²) in [4.78, 5) is 14.1. The van der Waals surface area contributed by atoms with Crippen molar-refractivity contribution in [2.75, 3.05) is 31.5 Å². The zero-order valence-corrected chi connectivity index (χ0v) is 12.9. The molecule has 6 heteroatoms. The van der Waals surface area contributed by atoms with E-state index in [1.807, 2.05) is 0 Å². The van der Waals surface area contributed by atoms with Crippen LogP contribution in [0, 0.1) is 11.7 Å². The van der Waals surface area contributed by atoms with Crippen LogP contribution in [0.4, 0.5) is 10.1 Å². The molecule has 1 aromatic carbocycles. The summed E-state index contributed by atoms with van der Waals surface area (Å²) >= 11 is 0.